The molecule has 2 nitrogen and oxygen atoms in total. The highest BCUT2D eigenvalue weighted by Crippen LogP contribution is 2.51. The van der Waals surface area contributed by atoms with Crippen LogP contribution in [0.1, 0.15) is 72.1 Å². The SMILES string of the molecule is C=C(C)C1(C2=C(O)CC(C)(O)C=C2CCCCC)C=CCCC1. The second-order valence-corrected chi connectivity index (χ2v) is 7.53. The van der Waals surface area contributed by atoms with Gasteiger partial charge in [-0.15, -0.1) is 0 Å². The van der Waals surface area contributed by atoms with E-state index >= 15 is 0 Å². The Morgan fingerprint density at radius 2 is 2.09 bits per heavy atom. The summed E-state index contributed by atoms with van der Waals surface area (Å²) in [7, 11) is 0. The zero-order valence-corrected chi connectivity index (χ0v) is 15.0. The van der Waals surface area contributed by atoms with Crippen molar-refractivity contribution < 1.29 is 10.2 Å². The van der Waals surface area contributed by atoms with Crippen LogP contribution < -0.4 is 0 Å². The summed E-state index contributed by atoms with van der Waals surface area (Å²) in [5.74, 6) is 0.346. The Hall–Kier alpha value is -1.28. The quantitative estimate of drug-likeness (QED) is 0.483. The second kappa shape index (κ2) is 7.09. The summed E-state index contributed by atoms with van der Waals surface area (Å²) in [6, 6.07) is 0. The summed E-state index contributed by atoms with van der Waals surface area (Å²) in [4.78, 5) is 0. The lowest BCUT2D eigenvalue weighted by molar-refractivity contribution is 0.0923. The Balaban J connectivity index is 2.46. The second-order valence-electron chi connectivity index (χ2n) is 7.53. The maximum absolute atomic E-state index is 10.8. The van der Waals surface area contributed by atoms with Gasteiger partial charge in [-0.25, -0.2) is 0 Å². The molecule has 0 aliphatic heterocycles. The minimum Gasteiger partial charge on any atom is -0.512 e. The van der Waals surface area contributed by atoms with Gasteiger partial charge in [-0.05, 0) is 57.6 Å². The van der Waals surface area contributed by atoms with Gasteiger partial charge in [-0.3, -0.25) is 0 Å². The van der Waals surface area contributed by atoms with Crippen LogP contribution in [0.25, 0.3) is 0 Å². The van der Waals surface area contributed by atoms with E-state index in [1.807, 2.05) is 6.08 Å². The van der Waals surface area contributed by atoms with Gasteiger partial charge in [-0.1, -0.05) is 44.1 Å². The van der Waals surface area contributed by atoms with Crippen LogP contribution in [0.15, 0.2) is 47.3 Å². The van der Waals surface area contributed by atoms with Crippen LogP contribution >= 0.6 is 0 Å². The molecule has 2 N–H and O–H groups in total. The monoisotopic (exact) mass is 316 g/mol. The van der Waals surface area contributed by atoms with E-state index in [9.17, 15) is 10.2 Å². The highest BCUT2D eigenvalue weighted by molar-refractivity contribution is 5.51. The third-order valence-corrected chi connectivity index (χ3v) is 5.22. The zero-order valence-electron chi connectivity index (χ0n) is 15.0. The van der Waals surface area contributed by atoms with Crippen LogP contribution in [0.5, 0.6) is 0 Å². The normalized spacial score (nSPS) is 31.2. The summed E-state index contributed by atoms with van der Waals surface area (Å²) < 4.78 is 0. The maximum Gasteiger partial charge on any atom is 0.100 e. The lowest BCUT2D eigenvalue weighted by Gasteiger charge is -2.41. The van der Waals surface area contributed by atoms with Crippen molar-refractivity contribution in [2.24, 2.45) is 5.41 Å². The standard InChI is InChI=1S/C21H32O2/c1-5-6-8-11-17-14-20(4,23)15-18(22)19(17)21(16(2)3)12-9-7-10-13-21/h9,12,14,22-23H,2,5-8,10-11,13,15H2,1,3-4H3. The lowest BCUT2D eigenvalue weighted by Crippen LogP contribution is -2.33. The zero-order chi connectivity index (χ0) is 17.1. The Bertz CT molecular complexity index is 548. The molecule has 2 rings (SSSR count). The molecule has 128 valence electrons. The van der Waals surface area contributed by atoms with Gasteiger partial charge in [-0.2, -0.15) is 0 Å². The average molecular weight is 316 g/mol. The van der Waals surface area contributed by atoms with Crippen LogP contribution in [-0.2, 0) is 0 Å². The van der Waals surface area contributed by atoms with Gasteiger partial charge in [0.2, 0.25) is 0 Å². The van der Waals surface area contributed by atoms with Crippen molar-refractivity contribution in [1.82, 2.24) is 0 Å². The highest BCUT2D eigenvalue weighted by atomic mass is 16.3. The molecule has 0 saturated carbocycles. The predicted octanol–water partition coefficient (Wildman–Crippen LogP) is 5.76. The average Bonchev–Trinajstić information content (AvgIpc) is 2.46. The number of aliphatic hydroxyl groups excluding tert-OH is 1. The molecule has 0 amide bonds. The van der Waals surface area contributed by atoms with Gasteiger partial charge < -0.3 is 10.2 Å². The van der Waals surface area contributed by atoms with E-state index in [1.54, 1.807) is 6.92 Å². The molecular weight excluding hydrogens is 284 g/mol. The fourth-order valence-electron chi connectivity index (χ4n) is 4.06. The summed E-state index contributed by atoms with van der Waals surface area (Å²) in [5, 5.41) is 21.3. The third-order valence-electron chi connectivity index (χ3n) is 5.22. The van der Waals surface area contributed by atoms with Crippen LogP contribution in [0.4, 0.5) is 0 Å². The molecule has 0 saturated heterocycles. The maximum atomic E-state index is 10.8. The lowest BCUT2D eigenvalue weighted by atomic mass is 9.63. The smallest absolute Gasteiger partial charge is 0.100 e. The molecule has 2 heteroatoms. The molecule has 0 aromatic carbocycles. The van der Waals surface area contributed by atoms with E-state index < -0.39 is 5.60 Å². The number of rotatable bonds is 6. The molecular formula is C21H32O2. The largest absolute Gasteiger partial charge is 0.512 e. The topological polar surface area (TPSA) is 40.5 Å². The highest BCUT2D eigenvalue weighted by Gasteiger charge is 2.41. The minimum absolute atomic E-state index is 0.267. The van der Waals surface area contributed by atoms with Crippen LogP contribution in [0.3, 0.4) is 0 Å². The first-order valence-corrected chi connectivity index (χ1v) is 9.03. The summed E-state index contributed by atoms with van der Waals surface area (Å²) in [6.45, 7) is 10.3. The summed E-state index contributed by atoms with van der Waals surface area (Å²) in [6.07, 6.45) is 14.3. The van der Waals surface area contributed by atoms with Gasteiger partial charge in [0.05, 0.1) is 5.60 Å². The molecule has 0 radical (unpaired) electrons. The Labute approximate surface area is 141 Å². The van der Waals surface area contributed by atoms with Gasteiger partial charge >= 0.3 is 0 Å². The fraction of sp³-hybridized carbons (Fsp3) is 0.619. The van der Waals surface area contributed by atoms with Gasteiger partial charge in [0.1, 0.15) is 5.76 Å². The Kier molecular flexibility index (Phi) is 5.57. The molecule has 2 unspecified atom stereocenters. The van der Waals surface area contributed by atoms with E-state index in [0.29, 0.717) is 12.2 Å². The van der Waals surface area contributed by atoms with Crippen LogP contribution in [-0.4, -0.2) is 15.8 Å². The van der Waals surface area contributed by atoms with E-state index in [-0.39, 0.29) is 5.41 Å². The van der Waals surface area contributed by atoms with Gasteiger partial charge in [0, 0.05) is 17.4 Å². The number of unbranched alkanes of at least 4 members (excludes halogenated alkanes) is 2. The molecule has 0 aromatic heterocycles. The molecule has 23 heavy (non-hydrogen) atoms. The summed E-state index contributed by atoms with van der Waals surface area (Å²) in [5.41, 5.74) is 1.99. The van der Waals surface area contributed by atoms with Gasteiger partial charge in [0.15, 0.2) is 0 Å². The van der Waals surface area contributed by atoms with Crippen LogP contribution in [0.2, 0.25) is 0 Å². The van der Waals surface area contributed by atoms with Crippen molar-refractivity contribution in [1.29, 1.82) is 0 Å². The van der Waals surface area contributed by atoms with E-state index in [1.165, 1.54) is 12.8 Å². The number of aliphatic hydroxyl groups is 2. The Morgan fingerprint density at radius 3 is 2.65 bits per heavy atom. The van der Waals surface area contributed by atoms with E-state index in [2.05, 4.69) is 32.6 Å². The third kappa shape index (κ3) is 3.80. The van der Waals surface area contributed by atoms with Crippen molar-refractivity contribution in [2.75, 3.05) is 0 Å². The fourth-order valence-corrected chi connectivity index (χ4v) is 4.06. The van der Waals surface area contributed by atoms with Crippen molar-refractivity contribution in [2.45, 2.75) is 77.7 Å². The molecule has 0 heterocycles. The first-order valence-electron chi connectivity index (χ1n) is 9.03. The predicted molar refractivity (Wildman–Crippen MR) is 97.4 cm³/mol. The first-order chi connectivity index (χ1) is 10.8. The first kappa shape index (κ1) is 18.1. The molecule has 2 atom stereocenters. The molecule has 0 aromatic rings. The van der Waals surface area contributed by atoms with E-state index in [0.717, 1.165) is 48.8 Å². The number of allylic oxidation sites excluding steroid dienone is 5. The molecule has 0 bridgehead atoms. The van der Waals surface area contributed by atoms with Crippen molar-refractivity contribution in [3.8, 4) is 0 Å². The number of hydrogen-bond acceptors (Lipinski definition) is 2. The van der Waals surface area contributed by atoms with Crippen LogP contribution in [0, 0.1) is 5.41 Å². The van der Waals surface area contributed by atoms with Crippen molar-refractivity contribution >= 4 is 0 Å². The Morgan fingerprint density at radius 1 is 1.35 bits per heavy atom. The minimum atomic E-state index is -0.955. The van der Waals surface area contributed by atoms with E-state index in [4.69, 9.17) is 0 Å². The molecule has 0 fully saturated rings. The molecule has 0 spiro atoms. The molecule has 2 aliphatic rings. The number of hydrogen-bond donors (Lipinski definition) is 2. The van der Waals surface area contributed by atoms with Gasteiger partial charge in [0.25, 0.3) is 0 Å². The summed E-state index contributed by atoms with van der Waals surface area (Å²) >= 11 is 0. The van der Waals surface area contributed by atoms with Crippen molar-refractivity contribution in [3.05, 3.63) is 47.3 Å². The molecule has 2 aliphatic carbocycles. The van der Waals surface area contributed by atoms with Crippen molar-refractivity contribution in [3.63, 3.8) is 0 Å².